The van der Waals surface area contributed by atoms with Crippen molar-refractivity contribution in [2.24, 2.45) is 5.92 Å². The number of carbonyl (C=O) groups excluding carboxylic acids is 1. The van der Waals surface area contributed by atoms with Crippen LogP contribution >= 0.6 is 0 Å². The van der Waals surface area contributed by atoms with Crippen molar-refractivity contribution in [1.82, 2.24) is 10.2 Å². The third-order valence-corrected chi connectivity index (χ3v) is 5.92. The van der Waals surface area contributed by atoms with Crippen molar-refractivity contribution in [3.05, 3.63) is 24.0 Å². The molecule has 2 N–H and O–H groups in total. The van der Waals surface area contributed by atoms with E-state index in [0.29, 0.717) is 18.1 Å². The highest BCUT2D eigenvalue weighted by Crippen LogP contribution is 2.34. The number of amides is 1. The summed E-state index contributed by atoms with van der Waals surface area (Å²) in [6, 6.07) is 0. The number of carbonyl (C=O) groups is 1. The van der Waals surface area contributed by atoms with Gasteiger partial charge in [0.15, 0.2) is 5.96 Å². The highest BCUT2D eigenvalue weighted by molar-refractivity contribution is 6.07. The molecule has 1 amide bonds. The highest BCUT2D eigenvalue weighted by atomic mass is 16.6. The lowest BCUT2D eigenvalue weighted by molar-refractivity contribution is -0.135. The molecule has 150 valence electrons. The quantitative estimate of drug-likeness (QED) is 0.711. The molecule has 0 aromatic carbocycles. The van der Waals surface area contributed by atoms with E-state index in [0.717, 1.165) is 12.8 Å². The molecule has 1 saturated heterocycles. The van der Waals surface area contributed by atoms with Crippen LogP contribution in [0.15, 0.2) is 24.0 Å². The molecule has 0 aromatic rings. The van der Waals surface area contributed by atoms with E-state index in [9.17, 15) is 4.79 Å². The topological polar surface area (TPSA) is 83.9 Å². The fourth-order valence-corrected chi connectivity index (χ4v) is 4.40. The molecule has 7 nitrogen and oxygen atoms in total. The maximum atomic E-state index is 13.0. The monoisotopic (exact) mass is 377 g/mol. The highest BCUT2D eigenvalue weighted by Gasteiger charge is 2.50. The van der Waals surface area contributed by atoms with Crippen LogP contribution in [-0.4, -0.2) is 62.4 Å². The van der Waals surface area contributed by atoms with Crippen molar-refractivity contribution >= 4 is 11.9 Å². The second-order valence-electron chi connectivity index (χ2n) is 7.72. The maximum Gasteiger partial charge on any atom is 0.257 e. The third-order valence-electron chi connectivity index (χ3n) is 5.92. The van der Waals surface area contributed by atoms with Crippen LogP contribution in [0.1, 0.15) is 38.5 Å². The Kier molecular flexibility index (Phi) is 6.22. The molecule has 0 spiro atoms. The van der Waals surface area contributed by atoms with Gasteiger partial charge >= 0.3 is 0 Å². The van der Waals surface area contributed by atoms with Crippen molar-refractivity contribution < 1.29 is 19.0 Å². The van der Waals surface area contributed by atoms with Gasteiger partial charge in [0, 0.05) is 14.2 Å². The Balaban J connectivity index is 1.74. The van der Waals surface area contributed by atoms with Crippen molar-refractivity contribution in [2.75, 3.05) is 27.9 Å². The summed E-state index contributed by atoms with van der Waals surface area (Å²) in [4.78, 5) is 14.4. The van der Waals surface area contributed by atoms with Crippen molar-refractivity contribution in [1.29, 1.82) is 5.41 Å². The van der Waals surface area contributed by atoms with E-state index >= 15 is 0 Å². The SMILES string of the molecule is COC1=CC=CC(OCC2(CC3CCCCC3)NC(=N)N(C)C2=O)C1OC. The normalized spacial score (nSPS) is 31.8. The van der Waals surface area contributed by atoms with Gasteiger partial charge in [-0.2, -0.15) is 0 Å². The van der Waals surface area contributed by atoms with Crippen molar-refractivity contribution in [3.63, 3.8) is 0 Å². The van der Waals surface area contributed by atoms with Gasteiger partial charge in [-0.3, -0.25) is 15.1 Å². The summed E-state index contributed by atoms with van der Waals surface area (Å²) in [6.07, 6.45) is 11.6. The second-order valence-corrected chi connectivity index (χ2v) is 7.72. The van der Waals surface area contributed by atoms with E-state index < -0.39 is 5.54 Å². The average molecular weight is 377 g/mol. The predicted molar refractivity (Wildman–Crippen MR) is 102 cm³/mol. The standard InChI is InChI=1S/C20H31N3O4/c1-23-18(24)20(22-19(23)21,12-14-8-5-4-6-9-14)13-27-16-11-7-10-15(25-2)17(16)26-3/h7,10-11,14,16-17H,4-6,8-9,12-13H2,1-3H3,(H2,21,22). The van der Waals surface area contributed by atoms with Crippen LogP contribution in [0.25, 0.3) is 0 Å². The Labute approximate surface area is 161 Å². The van der Waals surface area contributed by atoms with E-state index in [1.54, 1.807) is 21.3 Å². The minimum Gasteiger partial charge on any atom is -0.498 e. The average Bonchev–Trinajstić information content (AvgIpc) is 2.90. The first-order valence-electron chi connectivity index (χ1n) is 9.72. The van der Waals surface area contributed by atoms with E-state index in [2.05, 4.69) is 5.32 Å². The third kappa shape index (κ3) is 4.04. The van der Waals surface area contributed by atoms with Gasteiger partial charge in [-0.15, -0.1) is 0 Å². The summed E-state index contributed by atoms with van der Waals surface area (Å²) in [5.41, 5.74) is -0.881. The Morgan fingerprint density at radius 1 is 1.30 bits per heavy atom. The first-order chi connectivity index (χ1) is 13.0. The molecular weight excluding hydrogens is 346 g/mol. The maximum absolute atomic E-state index is 13.0. The van der Waals surface area contributed by atoms with E-state index in [-0.39, 0.29) is 30.7 Å². The molecule has 2 aliphatic carbocycles. The number of rotatable bonds is 7. The fourth-order valence-electron chi connectivity index (χ4n) is 4.40. The predicted octanol–water partition coefficient (Wildman–Crippen LogP) is 2.19. The van der Waals surface area contributed by atoms with Crippen LogP contribution in [0.4, 0.5) is 0 Å². The molecule has 7 heteroatoms. The van der Waals surface area contributed by atoms with Gasteiger partial charge in [0.05, 0.1) is 13.7 Å². The van der Waals surface area contributed by atoms with Crippen LogP contribution in [0.5, 0.6) is 0 Å². The van der Waals surface area contributed by atoms with Crippen LogP contribution in [0.2, 0.25) is 0 Å². The molecule has 1 heterocycles. The molecule has 0 bridgehead atoms. The first-order valence-corrected chi connectivity index (χ1v) is 9.72. The number of guanidine groups is 1. The van der Waals surface area contributed by atoms with Crippen LogP contribution in [-0.2, 0) is 19.0 Å². The Morgan fingerprint density at radius 3 is 2.63 bits per heavy atom. The van der Waals surface area contributed by atoms with E-state index in [4.69, 9.17) is 19.6 Å². The van der Waals surface area contributed by atoms with Crippen LogP contribution in [0, 0.1) is 11.3 Å². The van der Waals surface area contributed by atoms with Gasteiger partial charge in [-0.25, -0.2) is 0 Å². The number of nitrogens with zero attached hydrogens (tertiary/aromatic N) is 1. The fraction of sp³-hybridized carbons (Fsp3) is 0.700. The largest absolute Gasteiger partial charge is 0.498 e. The number of hydrogen-bond acceptors (Lipinski definition) is 5. The summed E-state index contributed by atoms with van der Waals surface area (Å²) < 4.78 is 17.1. The number of nitrogens with one attached hydrogen (secondary N) is 2. The summed E-state index contributed by atoms with van der Waals surface area (Å²) in [5, 5.41) is 11.2. The van der Waals surface area contributed by atoms with Gasteiger partial charge in [-0.05, 0) is 18.4 Å². The van der Waals surface area contributed by atoms with E-state index in [1.807, 2.05) is 18.2 Å². The van der Waals surface area contributed by atoms with Crippen LogP contribution in [0.3, 0.4) is 0 Å². The molecule has 1 aliphatic heterocycles. The minimum absolute atomic E-state index is 0.0886. The van der Waals surface area contributed by atoms with Gasteiger partial charge in [-0.1, -0.05) is 44.3 Å². The molecule has 0 radical (unpaired) electrons. The molecule has 2 fully saturated rings. The summed E-state index contributed by atoms with van der Waals surface area (Å²) >= 11 is 0. The zero-order valence-electron chi connectivity index (χ0n) is 16.5. The molecule has 0 aromatic heterocycles. The molecular formula is C20H31N3O4. The smallest absolute Gasteiger partial charge is 0.257 e. The van der Waals surface area contributed by atoms with Crippen LogP contribution < -0.4 is 5.32 Å². The molecule has 27 heavy (non-hydrogen) atoms. The zero-order valence-corrected chi connectivity index (χ0v) is 16.5. The Bertz CT molecular complexity index is 627. The summed E-state index contributed by atoms with van der Waals surface area (Å²) in [5.74, 6) is 1.23. The van der Waals surface area contributed by atoms with E-state index in [1.165, 1.54) is 24.2 Å². The van der Waals surface area contributed by atoms with Gasteiger partial charge in [0.25, 0.3) is 5.91 Å². The minimum atomic E-state index is -0.881. The molecule has 1 saturated carbocycles. The summed E-state index contributed by atoms with van der Waals surface area (Å²) in [7, 11) is 4.87. The number of methoxy groups -OCH3 is 2. The van der Waals surface area contributed by atoms with Gasteiger partial charge in [0.1, 0.15) is 23.5 Å². The van der Waals surface area contributed by atoms with Gasteiger partial charge in [0.2, 0.25) is 0 Å². The first kappa shape index (κ1) is 19.9. The Hall–Kier alpha value is -1.86. The lowest BCUT2D eigenvalue weighted by Gasteiger charge is -2.35. The molecule has 3 unspecified atom stereocenters. The summed E-state index contributed by atoms with van der Waals surface area (Å²) in [6.45, 7) is 0.195. The van der Waals surface area contributed by atoms with Crippen molar-refractivity contribution in [3.8, 4) is 0 Å². The molecule has 3 aliphatic rings. The molecule has 3 atom stereocenters. The lowest BCUT2D eigenvalue weighted by atomic mass is 9.79. The van der Waals surface area contributed by atoms with Crippen molar-refractivity contribution in [2.45, 2.75) is 56.3 Å². The number of likely N-dealkylation sites (N-methyl/N-ethyl adjacent to an activating group) is 1. The zero-order chi connectivity index (χ0) is 19.4. The second kappa shape index (κ2) is 8.44. The number of hydrogen-bond donors (Lipinski definition) is 2. The lowest BCUT2D eigenvalue weighted by Crippen LogP contribution is -2.53. The number of allylic oxidation sites excluding steroid dienone is 2. The Morgan fingerprint density at radius 2 is 2.04 bits per heavy atom. The van der Waals surface area contributed by atoms with Gasteiger partial charge < -0.3 is 19.5 Å². The number of ether oxygens (including phenoxy) is 3. The molecule has 3 rings (SSSR count).